The Bertz CT molecular complexity index is 1340. The summed E-state index contributed by atoms with van der Waals surface area (Å²) in [5, 5.41) is 1.98. The van der Waals surface area contributed by atoms with Gasteiger partial charge in [0.05, 0.1) is 26.0 Å². The molecule has 164 valence electrons. The van der Waals surface area contributed by atoms with E-state index < -0.39 is 16.0 Å². The number of oxazole rings is 1. The maximum absolute atomic E-state index is 13.0. The standard InChI is InChI=1S/C22H17ClN2O5S2/c1-25(16-6-3-2-4-7-16)32(27,28)17-9-10-19(23)18(12-17)22(26)30-14-15-13-29-21(24-15)20-8-5-11-31-20/h2-13H,14H2,1H3. The number of para-hydroxylation sites is 1. The average Bonchev–Trinajstić information content (AvgIpc) is 3.49. The van der Waals surface area contributed by atoms with E-state index in [9.17, 15) is 13.2 Å². The van der Waals surface area contributed by atoms with Gasteiger partial charge in [0, 0.05) is 7.05 Å². The lowest BCUT2D eigenvalue weighted by molar-refractivity contribution is 0.0467. The average molecular weight is 489 g/mol. The van der Waals surface area contributed by atoms with E-state index in [1.807, 2.05) is 17.5 Å². The van der Waals surface area contributed by atoms with Gasteiger partial charge in [-0.2, -0.15) is 0 Å². The highest BCUT2D eigenvalue weighted by Crippen LogP contribution is 2.27. The highest BCUT2D eigenvalue weighted by molar-refractivity contribution is 7.92. The molecule has 0 aliphatic carbocycles. The fourth-order valence-electron chi connectivity index (χ4n) is 2.86. The van der Waals surface area contributed by atoms with Crippen LogP contribution in [-0.4, -0.2) is 26.4 Å². The van der Waals surface area contributed by atoms with Gasteiger partial charge in [-0.25, -0.2) is 18.2 Å². The Hall–Kier alpha value is -3.14. The molecule has 0 bridgehead atoms. The molecule has 4 rings (SSSR count). The van der Waals surface area contributed by atoms with Crippen molar-refractivity contribution in [1.82, 2.24) is 4.98 Å². The lowest BCUT2D eigenvalue weighted by atomic mass is 10.2. The molecule has 10 heteroatoms. The van der Waals surface area contributed by atoms with Crippen molar-refractivity contribution in [3.05, 3.63) is 88.6 Å². The summed E-state index contributed by atoms with van der Waals surface area (Å²) in [6.45, 7) is -0.148. The molecule has 0 unspecified atom stereocenters. The largest absolute Gasteiger partial charge is 0.455 e. The Balaban J connectivity index is 1.51. The van der Waals surface area contributed by atoms with Crippen LogP contribution in [0.4, 0.5) is 5.69 Å². The van der Waals surface area contributed by atoms with Crippen LogP contribution in [0.3, 0.4) is 0 Å². The SMILES string of the molecule is CN(c1ccccc1)S(=O)(=O)c1ccc(Cl)c(C(=O)OCc2coc(-c3cccs3)n2)c1. The molecule has 0 amide bonds. The van der Waals surface area contributed by atoms with E-state index in [2.05, 4.69) is 4.98 Å². The summed E-state index contributed by atoms with van der Waals surface area (Å²) in [6.07, 6.45) is 1.40. The topological polar surface area (TPSA) is 89.7 Å². The van der Waals surface area contributed by atoms with Crippen molar-refractivity contribution in [2.75, 3.05) is 11.4 Å². The van der Waals surface area contributed by atoms with Crippen molar-refractivity contribution in [3.8, 4) is 10.8 Å². The molecule has 4 aromatic rings. The molecule has 0 saturated carbocycles. The molecule has 0 radical (unpaired) electrons. The minimum atomic E-state index is -3.91. The summed E-state index contributed by atoms with van der Waals surface area (Å²) in [5.41, 5.74) is 0.848. The third kappa shape index (κ3) is 4.55. The molecular formula is C22H17ClN2O5S2. The van der Waals surface area contributed by atoms with Crippen LogP contribution in [-0.2, 0) is 21.4 Å². The Morgan fingerprint density at radius 2 is 1.94 bits per heavy atom. The Kier molecular flexibility index (Phi) is 6.31. The number of ether oxygens (including phenoxy) is 1. The van der Waals surface area contributed by atoms with Crippen LogP contribution in [0.2, 0.25) is 5.02 Å². The van der Waals surface area contributed by atoms with Crippen LogP contribution >= 0.6 is 22.9 Å². The molecule has 2 aromatic heterocycles. The summed E-state index contributed by atoms with van der Waals surface area (Å²) in [6, 6.07) is 16.3. The van der Waals surface area contributed by atoms with Gasteiger partial charge >= 0.3 is 5.97 Å². The Labute approximate surface area is 193 Å². The number of carbonyl (C=O) groups is 1. The number of nitrogens with zero attached hydrogens (tertiary/aromatic N) is 2. The number of sulfonamides is 1. The van der Waals surface area contributed by atoms with Gasteiger partial charge in [-0.3, -0.25) is 4.31 Å². The van der Waals surface area contributed by atoms with E-state index >= 15 is 0 Å². The predicted molar refractivity (Wildman–Crippen MR) is 122 cm³/mol. The first-order valence-corrected chi connectivity index (χ1v) is 12.0. The first kappa shape index (κ1) is 22.1. The number of anilines is 1. The van der Waals surface area contributed by atoms with Crippen molar-refractivity contribution >= 4 is 44.6 Å². The summed E-state index contributed by atoms with van der Waals surface area (Å²) in [7, 11) is -2.48. The minimum absolute atomic E-state index is 0.0591. The lowest BCUT2D eigenvalue weighted by Gasteiger charge is -2.20. The quantitative estimate of drug-likeness (QED) is 0.330. The number of hydrogen-bond acceptors (Lipinski definition) is 7. The first-order chi connectivity index (χ1) is 15.4. The summed E-state index contributed by atoms with van der Waals surface area (Å²) < 4.78 is 37.9. The number of hydrogen-bond donors (Lipinski definition) is 0. The zero-order valence-electron chi connectivity index (χ0n) is 16.8. The Morgan fingerprint density at radius 3 is 2.66 bits per heavy atom. The number of aromatic nitrogens is 1. The van der Waals surface area contributed by atoms with Crippen molar-refractivity contribution in [1.29, 1.82) is 0 Å². The monoisotopic (exact) mass is 488 g/mol. The molecule has 0 saturated heterocycles. The normalized spacial score (nSPS) is 11.3. The lowest BCUT2D eigenvalue weighted by Crippen LogP contribution is -2.26. The molecule has 0 atom stereocenters. The van der Waals surface area contributed by atoms with Gasteiger partial charge in [0.2, 0.25) is 5.89 Å². The minimum Gasteiger partial charge on any atom is -0.455 e. The number of carbonyl (C=O) groups excluding carboxylic acids is 1. The second-order valence-corrected chi connectivity index (χ2v) is 9.97. The fourth-order valence-corrected chi connectivity index (χ4v) is 4.93. The van der Waals surface area contributed by atoms with Crippen molar-refractivity contribution in [2.45, 2.75) is 11.5 Å². The summed E-state index contributed by atoms with van der Waals surface area (Å²) in [4.78, 5) is 17.7. The van der Waals surface area contributed by atoms with Gasteiger partial charge < -0.3 is 9.15 Å². The maximum Gasteiger partial charge on any atom is 0.340 e. The molecule has 2 aromatic carbocycles. The molecule has 2 heterocycles. The molecule has 7 nitrogen and oxygen atoms in total. The van der Waals surface area contributed by atoms with Crippen LogP contribution < -0.4 is 4.31 Å². The van der Waals surface area contributed by atoms with Crippen LogP contribution in [0.1, 0.15) is 16.1 Å². The van der Waals surface area contributed by atoms with E-state index in [0.29, 0.717) is 17.3 Å². The third-order valence-corrected chi connectivity index (χ3v) is 7.54. The number of thiophene rings is 1. The molecule has 0 fully saturated rings. The van der Waals surface area contributed by atoms with Gasteiger partial charge in [0.1, 0.15) is 18.6 Å². The number of halogens is 1. The molecule has 0 N–H and O–H groups in total. The molecule has 32 heavy (non-hydrogen) atoms. The van der Waals surface area contributed by atoms with Crippen molar-refractivity contribution in [3.63, 3.8) is 0 Å². The van der Waals surface area contributed by atoms with Gasteiger partial charge in [0.15, 0.2) is 0 Å². The van der Waals surface area contributed by atoms with Crippen LogP contribution in [0.15, 0.2) is 81.6 Å². The zero-order valence-corrected chi connectivity index (χ0v) is 19.2. The highest BCUT2D eigenvalue weighted by Gasteiger charge is 2.24. The van der Waals surface area contributed by atoms with Gasteiger partial charge in [-0.1, -0.05) is 35.9 Å². The second-order valence-electron chi connectivity index (χ2n) is 6.65. The van der Waals surface area contributed by atoms with E-state index in [1.165, 1.54) is 42.8 Å². The molecular weight excluding hydrogens is 472 g/mol. The van der Waals surface area contributed by atoms with Crippen molar-refractivity contribution < 1.29 is 22.4 Å². The molecule has 0 spiro atoms. The maximum atomic E-state index is 13.0. The van der Waals surface area contributed by atoms with Gasteiger partial charge in [0.25, 0.3) is 10.0 Å². The van der Waals surface area contributed by atoms with Crippen LogP contribution in [0, 0.1) is 0 Å². The van der Waals surface area contributed by atoms with E-state index in [1.54, 1.807) is 30.3 Å². The van der Waals surface area contributed by atoms with Gasteiger partial charge in [-0.05, 0) is 41.8 Å². The molecule has 0 aliphatic rings. The first-order valence-electron chi connectivity index (χ1n) is 9.35. The highest BCUT2D eigenvalue weighted by atomic mass is 35.5. The van der Waals surface area contributed by atoms with E-state index in [0.717, 1.165) is 9.18 Å². The molecule has 0 aliphatic heterocycles. The van der Waals surface area contributed by atoms with Crippen LogP contribution in [0.25, 0.3) is 10.8 Å². The summed E-state index contributed by atoms with van der Waals surface area (Å²) >= 11 is 7.62. The van der Waals surface area contributed by atoms with E-state index in [-0.39, 0.29) is 22.1 Å². The number of benzene rings is 2. The smallest absolute Gasteiger partial charge is 0.340 e. The van der Waals surface area contributed by atoms with Gasteiger partial charge in [-0.15, -0.1) is 11.3 Å². The van der Waals surface area contributed by atoms with Crippen molar-refractivity contribution in [2.24, 2.45) is 0 Å². The Morgan fingerprint density at radius 1 is 1.16 bits per heavy atom. The number of esters is 1. The fraction of sp³-hybridized carbons (Fsp3) is 0.0909. The predicted octanol–water partition coefficient (Wildman–Crippen LogP) is 5.24. The summed E-state index contributed by atoms with van der Waals surface area (Å²) in [5.74, 6) is -0.337. The number of rotatable bonds is 7. The second kappa shape index (κ2) is 9.15. The zero-order chi connectivity index (χ0) is 22.7. The van der Waals surface area contributed by atoms with Crippen LogP contribution in [0.5, 0.6) is 0 Å². The van der Waals surface area contributed by atoms with E-state index in [4.69, 9.17) is 20.8 Å². The third-order valence-electron chi connectivity index (χ3n) is 4.57.